The lowest BCUT2D eigenvalue weighted by atomic mass is 10.1. The Balaban J connectivity index is 1.38. The van der Waals surface area contributed by atoms with Crippen molar-refractivity contribution in [3.63, 3.8) is 0 Å². The maximum atomic E-state index is 12.7. The second-order valence-electron chi connectivity index (χ2n) is 8.09. The number of ether oxygens (including phenoxy) is 2. The molecule has 1 aliphatic carbocycles. The number of thiophene rings is 1. The Hall–Kier alpha value is -3.44. The van der Waals surface area contributed by atoms with Crippen LogP contribution in [0.1, 0.15) is 52.0 Å². The standard InChI is InChI=1S/C26H24F2N2O5S2/c1-2-34-25(33)22-19(15-7-8-15)14-36-23(22)30-21(31)13-35-24(32)18-5-3-4-6-20(18)29-16-9-11-17(12-10-16)37-26(27)28/h3-6,9-12,14-15,26,29H,2,7-8,13H2,1H3,(H,30,31). The summed E-state index contributed by atoms with van der Waals surface area (Å²) >= 11 is 1.68. The van der Waals surface area contributed by atoms with Crippen molar-refractivity contribution >= 4 is 57.3 Å². The Morgan fingerprint density at radius 2 is 1.78 bits per heavy atom. The molecule has 1 fully saturated rings. The van der Waals surface area contributed by atoms with Gasteiger partial charge >= 0.3 is 11.9 Å². The van der Waals surface area contributed by atoms with Gasteiger partial charge in [0.2, 0.25) is 0 Å². The molecule has 4 rings (SSSR count). The molecule has 0 spiro atoms. The lowest BCUT2D eigenvalue weighted by molar-refractivity contribution is -0.119. The summed E-state index contributed by atoms with van der Waals surface area (Å²) in [4.78, 5) is 38.2. The number of halogens is 2. The number of hydrogen-bond acceptors (Lipinski definition) is 8. The number of alkyl halides is 2. The molecule has 0 bridgehead atoms. The molecule has 11 heteroatoms. The number of hydrogen-bond donors (Lipinski definition) is 2. The largest absolute Gasteiger partial charge is 0.462 e. The zero-order valence-corrected chi connectivity index (χ0v) is 21.4. The van der Waals surface area contributed by atoms with Crippen LogP contribution in [-0.4, -0.2) is 36.8 Å². The van der Waals surface area contributed by atoms with Gasteiger partial charge in [0.1, 0.15) is 5.00 Å². The summed E-state index contributed by atoms with van der Waals surface area (Å²) < 4.78 is 35.4. The average Bonchev–Trinajstić information content (AvgIpc) is 3.64. The third-order valence-corrected chi connectivity index (χ3v) is 7.05. The van der Waals surface area contributed by atoms with Crippen molar-refractivity contribution in [1.29, 1.82) is 0 Å². The van der Waals surface area contributed by atoms with Gasteiger partial charge in [-0.25, -0.2) is 9.59 Å². The van der Waals surface area contributed by atoms with E-state index in [0.29, 0.717) is 44.5 Å². The molecule has 1 heterocycles. The molecule has 2 aromatic carbocycles. The van der Waals surface area contributed by atoms with Gasteiger partial charge in [-0.05, 0) is 73.0 Å². The van der Waals surface area contributed by atoms with Crippen molar-refractivity contribution in [2.45, 2.75) is 36.3 Å². The van der Waals surface area contributed by atoms with Gasteiger partial charge in [0, 0.05) is 10.6 Å². The van der Waals surface area contributed by atoms with Crippen molar-refractivity contribution in [3.05, 3.63) is 70.6 Å². The summed E-state index contributed by atoms with van der Waals surface area (Å²) in [6, 6.07) is 12.9. The van der Waals surface area contributed by atoms with Crippen molar-refractivity contribution in [3.8, 4) is 0 Å². The van der Waals surface area contributed by atoms with E-state index in [1.165, 1.54) is 11.3 Å². The van der Waals surface area contributed by atoms with Crippen molar-refractivity contribution in [1.82, 2.24) is 0 Å². The normalized spacial score (nSPS) is 12.8. The third kappa shape index (κ3) is 7.07. The predicted molar refractivity (Wildman–Crippen MR) is 139 cm³/mol. The van der Waals surface area contributed by atoms with Crippen LogP contribution in [0.25, 0.3) is 0 Å². The number of carbonyl (C=O) groups excluding carboxylic acids is 3. The molecule has 2 N–H and O–H groups in total. The summed E-state index contributed by atoms with van der Waals surface area (Å²) in [5, 5.41) is 7.95. The number of anilines is 3. The van der Waals surface area contributed by atoms with Crippen molar-refractivity contribution < 1.29 is 32.6 Å². The van der Waals surface area contributed by atoms with Gasteiger partial charge < -0.3 is 20.1 Å². The van der Waals surface area contributed by atoms with Crippen LogP contribution in [0.3, 0.4) is 0 Å². The second-order valence-corrected chi connectivity index (χ2v) is 10.0. The number of para-hydroxylation sites is 1. The molecule has 1 aromatic heterocycles. The molecule has 0 aliphatic heterocycles. The van der Waals surface area contributed by atoms with E-state index < -0.39 is 30.2 Å². The monoisotopic (exact) mass is 546 g/mol. The van der Waals surface area contributed by atoms with Crippen molar-refractivity contribution in [2.75, 3.05) is 23.8 Å². The number of esters is 2. The Labute approximate surface area is 220 Å². The topological polar surface area (TPSA) is 93.7 Å². The molecule has 7 nitrogen and oxygen atoms in total. The van der Waals surface area contributed by atoms with Gasteiger partial charge in [-0.1, -0.05) is 23.9 Å². The van der Waals surface area contributed by atoms with E-state index in [2.05, 4.69) is 10.6 Å². The van der Waals surface area contributed by atoms with Crippen LogP contribution in [0, 0.1) is 0 Å². The molecular formula is C26H24F2N2O5S2. The SMILES string of the molecule is CCOC(=O)c1c(C2CC2)csc1NC(=O)COC(=O)c1ccccc1Nc1ccc(SC(F)F)cc1. The number of rotatable bonds is 11. The fraction of sp³-hybridized carbons (Fsp3) is 0.269. The molecule has 3 aromatic rings. The van der Waals surface area contributed by atoms with Crippen LogP contribution in [0.5, 0.6) is 0 Å². The number of benzene rings is 2. The van der Waals surface area contributed by atoms with Crippen LogP contribution in [0.2, 0.25) is 0 Å². The van der Waals surface area contributed by atoms with Crippen LogP contribution in [-0.2, 0) is 14.3 Å². The van der Waals surface area contributed by atoms with E-state index in [4.69, 9.17) is 9.47 Å². The molecule has 37 heavy (non-hydrogen) atoms. The lowest BCUT2D eigenvalue weighted by Crippen LogP contribution is -2.22. The van der Waals surface area contributed by atoms with Gasteiger partial charge in [-0.3, -0.25) is 4.79 Å². The maximum absolute atomic E-state index is 12.7. The summed E-state index contributed by atoms with van der Waals surface area (Å²) in [6.45, 7) is 1.38. The summed E-state index contributed by atoms with van der Waals surface area (Å²) in [6.07, 6.45) is 1.97. The smallest absolute Gasteiger partial charge is 0.341 e. The first kappa shape index (κ1) is 26.6. The molecule has 0 unspecified atom stereocenters. The van der Waals surface area contributed by atoms with Gasteiger partial charge in [0.05, 0.1) is 23.4 Å². The van der Waals surface area contributed by atoms with Gasteiger partial charge in [-0.2, -0.15) is 8.78 Å². The molecular weight excluding hydrogens is 522 g/mol. The number of nitrogens with one attached hydrogen (secondary N) is 2. The number of carbonyl (C=O) groups is 3. The quantitative estimate of drug-likeness (QED) is 0.205. The van der Waals surface area contributed by atoms with Gasteiger partial charge in [-0.15, -0.1) is 11.3 Å². The zero-order valence-electron chi connectivity index (χ0n) is 19.8. The fourth-order valence-corrected chi connectivity index (χ4v) is 5.13. The predicted octanol–water partition coefficient (Wildman–Crippen LogP) is 6.66. The maximum Gasteiger partial charge on any atom is 0.341 e. The Kier molecular flexibility index (Phi) is 8.78. The van der Waals surface area contributed by atoms with E-state index in [9.17, 15) is 23.2 Å². The van der Waals surface area contributed by atoms with E-state index in [1.807, 2.05) is 5.38 Å². The third-order valence-electron chi connectivity index (χ3n) is 5.41. The molecule has 194 valence electrons. The highest BCUT2D eigenvalue weighted by molar-refractivity contribution is 7.99. The average molecular weight is 547 g/mol. The van der Waals surface area contributed by atoms with E-state index in [1.54, 1.807) is 55.5 Å². The first-order chi connectivity index (χ1) is 17.9. The van der Waals surface area contributed by atoms with E-state index in [-0.39, 0.29) is 12.2 Å². The highest BCUT2D eigenvalue weighted by atomic mass is 32.2. The molecule has 0 atom stereocenters. The second kappa shape index (κ2) is 12.2. The Morgan fingerprint density at radius 1 is 1.05 bits per heavy atom. The molecule has 1 saturated carbocycles. The van der Waals surface area contributed by atoms with E-state index in [0.717, 1.165) is 18.4 Å². The minimum absolute atomic E-state index is 0.195. The summed E-state index contributed by atoms with van der Waals surface area (Å²) in [7, 11) is 0. The van der Waals surface area contributed by atoms with Crippen LogP contribution in [0.4, 0.5) is 25.2 Å². The van der Waals surface area contributed by atoms with Crippen LogP contribution >= 0.6 is 23.1 Å². The zero-order chi connectivity index (χ0) is 26.4. The Morgan fingerprint density at radius 3 is 2.46 bits per heavy atom. The lowest BCUT2D eigenvalue weighted by Gasteiger charge is -2.12. The van der Waals surface area contributed by atoms with Crippen molar-refractivity contribution in [2.24, 2.45) is 0 Å². The highest BCUT2D eigenvalue weighted by Gasteiger charge is 2.32. The fourth-order valence-electron chi connectivity index (χ4n) is 3.59. The van der Waals surface area contributed by atoms with E-state index >= 15 is 0 Å². The summed E-state index contributed by atoms with van der Waals surface area (Å²) in [5.41, 5.74) is 2.45. The first-order valence-electron chi connectivity index (χ1n) is 11.5. The van der Waals surface area contributed by atoms with Gasteiger partial charge in [0.15, 0.2) is 6.61 Å². The first-order valence-corrected chi connectivity index (χ1v) is 13.3. The molecule has 1 amide bonds. The minimum Gasteiger partial charge on any atom is -0.462 e. The molecule has 0 saturated heterocycles. The number of thioether (sulfide) groups is 1. The van der Waals surface area contributed by atoms with Gasteiger partial charge in [0.25, 0.3) is 11.7 Å². The molecule has 1 aliphatic rings. The Bertz CT molecular complexity index is 1280. The highest BCUT2D eigenvalue weighted by Crippen LogP contribution is 2.46. The summed E-state index contributed by atoms with van der Waals surface area (Å²) in [5.74, 6) is -4.01. The van der Waals surface area contributed by atoms with Crippen LogP contribution < -0.4 is 10.6 Å². The number of amides is 1. The minimum atomic E-state index is -2.51. The van der Waals surface area contributed by atoms with Crippen LogP contribution in [0.15, 0.2) is 58.8 Å². The molecule has 0 radical (unpaired) electrons.